The zero-order chi connectivity index (χ0) is 13.0. The Morgan fingerprint density at radius 3 is 2.56 bits per heavy atom. The topological polar surface area (TPSA) is 67.5 Å². The molecule has 1 N–H and O–H groups in total. The van der Waals surface area contributed by atoms with Crippen molar-refractivity contribution in [1.82, 2.24) is 0 Å². The lowest BCUT2D eigenvalue weighted by atomic mass is 10.3. The van der Waals surface area contributed by atoms with Gasteiger partial charge in [0, 0.05) is 17.0 Å². The van der Waals surface area contributed by atoms with E-state index in [1.807, 2.05) is 6.07 Å². The van der Waals surface area contributed by atoms with Gasteiger partial charge in [-0.1, -0.05) is 11.6 Å². The predicted octanol–water partition coefficient (Wildman–Crippen LogP) is 3.76. The van der Waals surface area contributed by atoms with E-state index in [-0.39, 0.29) is 5.69 Å². The molecule has 0 unspecified atom stereocenters. The maximum absolute atomic E-state index is 10.5. The molecule has 18 heavy (non-hydrogen) atoms. The number of nitro groups is 1. The van der Waals surface area contributed by atoms with Crippen molar-refractivity contribution < 1.29 is 4.92 Å². The Kier molecular flexibility index (Phi) is 3.91. The Labute approximate surface area is 112 Å². The van der Waals surface area contributed by atoms with Crippen LogP contribution in [0.5, 0.6) is 0 Å². The number of nitro benzene ring substituents is 1. The first kappa shape index (κ1) is 12.5. The number of thiophene rings is 1. The summed E-state index contributed by atoms with van der Waals surface area (Å²) < 4.78 is 0.701. The van der Waals surface area contributed by atoms with E-state index in [4.69, 9.17) is 11.6 Å². The first-order chi connectivity index (χ1) is 8.65. The minimum Gasteiger partial charge on any atom is -0.278 e. The molecule has 0 aliphatic rings. The van der Waals surface area contributed by atoms with Gasteiger partial charge in [-0.15, -0.1) is 11.3 Å². The summed E-state index contributed by atoms with van der Waals surface area (Å²) in [4.78, 5) is 10.9. The molecule has 1 aromatic carbocycles. The number of nitrogens with zero attached hydrogens (tertiary/aromatic N) is 2. The highest BCUT2D eigenvalue weighted by atomic mass is 35.5. The van der Waals surface area contributed by atoms with Gasteiger partial charge in [0.2, 0.25) is 0 Å². The van der Waals surface area contributed by atoms with Crippen LogP contribution in [0.2, 0.25) is 4.34 Å². The number of benzene rings is 1. The lowest BCUT2D eigenvalue weighted by Crippen LogP contribution is -1.91. The van der Waals surface area contributed by atoms with Gasteiger partial charge in [-0.25, -0.2) is 0 Å². The van der Waals surface area contributed by atoms with Crippen LogP contribution in [0.25, 0.3) is 0 Å². The van der Waals surface area contributed by atoms with E-state index >= 15 is 0 Å². The maximum atomic E-state index is 10.5. The van der Waals surface area contributed by atoms with Crippen LogP contribution in [0.4, 0.5) is 11.4 Å². The molecular formula is C11H8ClN3O2S. The molecule has 0 aliphatic carbocycles. The van der Waals surface area contributed by atoms with Crippen LogP contribution in [0, 0.1) is 10.1 Å². The number of hydrogen-bond donors (Lipinski definition) is 1. The second-order valence-electron chi connectivity index (χ2n) is 3.32. The van der Waals surface area contributed by atoms with Gasteiger partial charge >= 0.3 is 0 Å². The fourth-order valence-corrected chi connectivity index (χ4v) is 2.16. The number of rotatable bonds is 4. The molecular weight excluding hydrogens is 274 g/mol. The molecule has 7 heteroatoms. The van der Waals surface area contributed by atoms with Crippen LogP contribution >= 0.6 is 22.9 Å². The van der Waals surface area contributed by atoms with Crippen molar-refractivity contribution in [3.8, 4) is 0 Å². The van der Waals surface area contributed by atoms with Crippen LogP contribution in [-0.4, -0.2) is 11.1 Å². The smallest absolute Gasteiger partial charge is 0.269 e. The molecule has 0 bridgehead atoms. The summed E-state index contributed by atoms with van der Waals surface area (Å²) in [6.45, 7) is 0. The molecule has 5 nitrogen and oxygen atoms in total. The highest BCUT2D eigenvalue weighted by Gasteiger charge is 2.02. The van der Waals surface area contributed by atoms with Gasteiger partial charge in [0.15, 0.2) is 0 Å². The fraction of sp³-hybridized carbons (Fsp3) is 0. The van der Waals surface area contributed by atoms with Crippen LogP contribution in [-0.2, 0) is 0 Å². The SMILES string of the molecule is O=[N+]([O-])c1ccc(N/N=C\c2ccc(Cl)s2)cc1. The van der Waals surface area contributed by atoms with E-state index in [0.717, 1.165) is 4.88 Å². The first-order valence-corrected chi connectivity index (χ1v) is 6.13. The molecule has 0 aliphatic heterocycles. The summed E-state index contributed by atoms with van der Waals surface area (Å²) in [6, 6.07) is 9.67. The van der Waals surface area contributed by atoms with Gasteiger partial charge < -0.3 is 0 Å². The molecule has 0 amide bonds. The molecule has 1 heterocycles. The number of non-ortho nitro benzene ring substituents is 1. The standard InChI is InChI=1S/C11H8ClN3O2S/c12-11-6-5-10(18-11)7-13-14-8-1-3-9(4-2-8)15(16)17/h1-7,14H/b13-7-. The fourth-order valence-electron chi connectivity index (χ4n) is 1.23. The highest BCUT2D eigenvalue weighted by molar-refractivity contribution is 7.17. The van der Waals surface area contributed by atoms with Gasteiger partial charge in [0.25, 0.3) is 5.69 Å². The average molecular weight is 282 g/mol. The average Bonchev–Trinajstić information content (AvgIpc) is 2.76. The Hall–Kier alpha value is -1.92. The predicted molar refractivity (Wildman–Crippen MR) is 73.6 cm³/mol. The van der Waals surface area contributed by atoms with E-state index in [0.29, 0.717) is 10.0 Å². The van der Waals surface area contributed by atoms with Crippen LogP contribution in [0.1, 0.15) is 4.88 Å². The van der Waals surface area contributed by atoms with Crippen molar-refractivity contribution >= 4 is 40.5 Å². The van der Waals surface area contributed by atoms with Gasteiger partial charge in [-0.2, -0.15) is 5.10 Å². The van der Waals surface area contributed by atoms with Crippen molar-refractivity contribution in [2.75, 3.05) is 5.43 Å². The first-order valence-electron chi connectivity index (χ1n) is 4.94. The van der Waals surface area contributed by atoms with Gasteiger partial charge in [-0.3, -0.25) is 15.5 Å². The van der Waals surface area contributed by atoms with Gasteiger partial charge in [0.05, 0.1) is 21.2 Å². The van der Waals surface area contributed by atoms with Crippen molar-refractivity contribution in [3.05, 3.63) is 55.7 Å². The number of hydrazone groups is 1. The minimum atomic E-state index is -0.444. The van der Waals surface area contributed by atoms with Gasteiger partial charge in [0.1, 0.15) is 0 Å². The monoisotopic (exact) mass is 281 g/mol. The minimum absolute atomic E-state index is 0.0505. The maximum Gasteiger partial charge on any atom is 0.269 e. The summed E-state index contributed by atoms with van der Waals surface area (Å²) in [5, 5.41) is 14.5. The van der Waals surface area contributed by atoms with E-state index in [9.17, 15) is 10.1 Å². The zero-order valence-corrected chi connectivity index (χ0v) is 10.6. The third-order valence-corrected chi connectivity index (χ3v) is 3.22. The number of halogens is 1. The molecule has 0 atom stereocenters. The highest BCUT2D eigenvalue weighted by Crippen LogP contribution is 2.20. The summed E-state index contributed by atoms with van der Waals surface area (Å²) >= 11 is 7.19. The summed E-state index contributed by atoms with van der Waals surface area (Å²) in [6.07, 6.45) is 1.64. The Balaban J connectivity index is 1.98. The molecule has 2 aromatic rings. The van der Waals surface area contributed by atoms with Crippen LogP contribution in [0.3, 0.4) is 0 Å². The molecule has 0 radical (unpaired) electrons. The second-order valence-corrected chi connectivity index (χ2v) is 5.06. The largest absolute Gasteiger partial charge is 0.278 e. The molecule has 0 spiro atoms. The van der Waals surface area contributed by atoms with Crippen LogP contribution < -0.4 is 5.43 Å². The van der Waals surface area contributed by atoms with Crippen molar-refractivity contribution in [2.45, 2.75) is 0 Å². The van der Waals surface area contributed by atoms with Crippen molar-refractivity contribution in [1.29, 1.82) is 0 Å². The lowest BCUT2D eigenvalue weighted by Gasteiger charge is -1.98. The summed E-state index contributed by atoms with van der Waals surface area (Å²) in [5.74, 6) is 0. The van der Waals surface area contributed by atoms with Crippen LogP contribution in [0.15, 0.2) is 41.5 Å². The molecule has 0 saturated carbocycles. The Morgan fingerprint density at radius 1 is 1.28 bits per heavy atom. The summed E-state index contributed by atoms with van der Waals surface area (Å²) in [5.41, 5.74) is 3.51. The zero-order valence-electron chi connectivity index (χ0n) is 9.04. The molecule has 0 saturated heterocycles. The Bertz CT molecular complexity index is 580. The third-order valence-electron chi connectivity index (χ3n) is 2.06. The molecule has 1 aromatic heterocycles. The van der Waals surface area contributed by atoms with E-state index < -0.39 is 4.92 Å². The molecule has 92 valence electrons. The van der Waals surface area contributed by atoms with Crippen molar-refractivity contribution in [3.63, 3.8) is 0 Å². The van der Waals surface area contributed by atoms with E-state index in [1.165, 1.54) is 23.5 Å². The van der Waals surface area contributed by atoms with E-state index in [2.05, 4.69) is 10.5 Å². The lowest BCUT2D eigenvalue weighted by molar-refractivity contribution is -0.384. The van der Waals surface area contributed by atoms with Gasteiger partial charge in [-0.05, 0) is 24.3 Å². The molecule has 0 fully saturated rings. The Morgan fingerprint density at radius 2 is 2.00 bits per heavy atom. The second kappa shape index (κ2) is 5.61. The number of hydrogen-bond acceptors (Lipinski definition) is 5. The van der Waals surface area contributed by atoms with Crippen molar-refractivity contribution in [2.24, 2.45) is 5.10 Å². The number of nitrogens with one attached hydrogen (secondary N) is 1. The number of anilines is 1. The third kappa shape index (κ3) is 3.28. The normalized spacial score (nSPS) is 10.7. The molecule has 2 rings (SSSR count). The van der Waals surface area contributed by atoms with E-state index in [1.54, 1.807) is 24.4 Å². The summed E-state index contributed by atoms with van der Waals surface area (Å²) in [7, 11) is 0. The quantitative estimate of drug-likeness (QED) is 0.527.